The van der Waals surface area contributed by atoms with Crippen molar-refractivity contribution in [3.05, 3.63) is 107 Å². The number of rotatable bonds is 2. The van der Waals surface area contributed by atoms with Gasteiger partial charge >= 0.3 is 0 Å². The molecule has 4 aliphatic carbocycles. The fourth-order valence-electron chi connectivity index (χ4n) is 12.2. The van der Waals surface area contributed by atoms with E-state index < -0.39 is 16.4 Å². The van der Waals surface area contributed by atoms with E-state index in [9.17, 15) is 5.11 Å². The van der Waals surface area contributed by atoms with Crippen LogP contribution in [0.1, 0.15) is 77.1 Å². The van der Waals surface area contributed by atoms with E-state index in [0.717, 1.165) is 70.5 Å². The molecule has 1 N–H and O–H groups in total. The van der Waals surface area contributed by atoms with E-state index in [-0.39, 0.29) is 23.7 Å². The summed E-state index contributed by atoms with van der Waals surface area (Å²) >= 11 is 1.89. The topological polar surface area (TPSA) is 66.8 Å². The Kier molecular flexibility index (Phi) is 5.75. The van der Waals surface area contributed by atoms with Gasteiger partial charge in [0.1, 0.15) is 22.8 Å². The molecule has 238 valence electrons. The smallest absolute Gasteiger partial charge is 0.189 e. The van der Waals surface area contributed by atoms with Gasteiger partial charge in [0.25, 0.3) is 0 Å². The van der Waals surface area contributed by atoms with Crippen LogP contribution in [0.2, 0.25) is 0 Å². The van der Waals surface area contributed by atoms with Crippen LogP contribution in [0.5, 0.6) is 11.5 Å². The highest BCUT2D eigenvalue weighted by atomic mass is 32.2. The van der Waals surface area contributed by atoms with E-state index in [4.69, 9.17) is 4.74 Å². The number of phenolic OH excluding ortho intramolecular Hbond substituents is 1. The molecule has 0 amide bonds. The summed E-state index contributed by atoms with van der Waals surface area (Å²) in [5.41, 5.74) is 2.94. The molecule has 2 saturated heterocycles. The molecule has 1 unspecified atom stereocenters. The third kappa shape index (κ3) is 3.18. The highest BCUT2D eigenvalue weighted by molar-refractivity contribution is 7.99. The number of methoxy groups -OCH3 is 1. The number of ether oxygens (including phenoxy) is 1. The molecule has 8 atom stereocenters. The van der Waals surface area contributed by atoms with Crippen molar-refractivity contribution in [1.29, 1.82) is 0 Å². The highest BCUT2D eigenvalue weighted by Gasteiger charge is 2.82. The molecule has 5 nitrogen and oxygen atoms in total. The molecule has 2 aliphatic heterocycles. The average Bonchev–Trinajstić information content (AvgIpc) is 3.79. The molecular weight excluding hydrogens is 603 g/mol. The van der Waals surface area contributed by atoms with Gasteiger partial charge in [-0.2, -0.15) is 0 Å². The van der Waals surface area contributed by atoms with E-state index in [2.05, 4.69) is 54.3 Å². The number of ketones is 2. The van der Waals surface area contributed by atoms with E-state index in [0.29, 0.717) is 29.8 Å². The standard InChI is InChI=1S/C41H39NO4S/c1-39-18-17-27-26-16-14-25(43)19-24(26)13-15-28(27)32(39)20-40(38(39)45)36(29-9-3-4-12-34(29)46-2)33-21-47-22-42(33)41(40)31-11-6-8-23-7-5-10-30(35(23)31)37(41)44/h3-12,14,16,19,27-28,32-33,36,43H,13,15,17-18,20-22H2,1-2H3/t27-,28-,32+,33?,36+,39+,40+,41+/m1/s1. The third-order valence-electron chi connectivity index (χ3n) is 13.8. The number of benzene rings is 4. The van der Waals surface area contributed by atoms with Crippen molar-refractivity contribution in [2.75, 3.05) is 18.7 Å². The number of carbonyl (C=O) groups is 2. The molecule has 4 fully saturated rings. The van der Waals surface area contributed by atoms with Gasteiger partial charge in [0, 0.05) is 34.6 Å². The molecule has 2 spiro atoms. The van der Waals surface area contributed by atoms with Crippen LogP contribution in [0.25, 0.3) is 10.8 Å². The first-order valence-corrected chi connectivity index (χ1v) is 18.4. The monoisotopic (exact) mass is 641 g/mol. The molecule has 6 aliphatic rings. The maximum absolute atomic E-state index is 16.2. The van der Waals surface area contributed by atoms with Crippen molar-refractivity contribution in [3.63, 3.8) is 0 Å². The van der Waals surface area contributed by atoms with Gasteiger partial charge < -0.3 is 9.84 Å². The summed E-state index contributed by atoms with van der Waals surface area (Å²) in [5, 5.41) is 12.4. The maximum atomic E-state index is 16.2. The number of aromatic hydroxyl groups is 1. The predicted octanol–water partition coefficient (Wildman–Crippen LogP) is 7.84. The van der Waals surface area contributed by atoms with Gasteiger partial charge in [0.2, 0.25) is 0 Å². The Labute approximate surface area is 279 Å². The Morgan fingerprint density at radius 1 is 0.957 bits per heavy atom. The summed E-state index contributed by atoms with van der Waals surface area (Å²) in [6.07, 6.45) is 4.39. The molecule has 4 aromatic carbocycles. The number of nitrogens with zero attached hydrogens (tertiary/aromatic N) is 1. The van der Waals surface area contributed by atoms with Crippen LogP contribution in [-0.2, 0) is 16.8 Å². The zero-order valence-electron chi connectivity index (χ0n) is 26.9. The van der Waals surface area contributed by atoms with Gasteiger partial charge in [-0.1, -0.05) is 67.6 Å². The van der Waals surface area contributed by atoms with Gasteiger partial charge in [-0.3, -0.25) is 14.5 Å². The Morgan fingerprint density at radius 3 is 2.64 bits per heavy atom. The molecular formula is C41H39NO4S. The SMILES string of the molecule is COc1ccccc1[C@H]1C2CSCN2[C@@]2(C(=O)c3cccc4cccc2c34)[C@@]12C[C@H]1[C@@H]3CCc4cc(O)ccc4[C@H]3CC[C@]1(C)C2=O. The van der Waals surface area contributed by atoms with Crippen LogP contribution in [0.4, 0.5) is 0 Å². The lowest BCUT2D eigenvalue weighted by molar-refractivity contribution is -0.139. The lowest BCUT2D eigenvalue weighted by atomic mass is 9.55. The largest absolute Gasteiger partial charge is 0.508 e. The van der Waals surface area contributed by atoms with Crippen molar-refractivity contribution in [2.24, 2.45) is 22.7 Å². The summed E-state index contributed by atoms with van der Waals surface area (Å²) in [6.45, 7) is 2.26. The molecule has 0 bridgehead atoms. The van der Waals surface area contributed by atoms with Crippen molar-refractivity contribution >= 4 is 34.1 Å². The first kappa shape index (κ1) is 28.4. The number of hydrogen-bond donors (Lipinski definition) is 1. The van der Waals surface area contributed by atoms with Gasteiger partial charge in [-0.25, -0.2) is 0 Å². The Balaban J connectivity index is 1.25. The molecule has 2 heterocycles. The summed E-state index contributed by atoms with van der Waals surface area (Å²) in [6, 6.07) is 26.8. The molecule has 47 heavy (non-hydrogen) atoms. The van der Waals surface area contributed by atoms with E-state index in [1.54, 1.807) is 7.11 Å². The first-order valence-electron chi connectivity index (χ1n) is 17.3. The lowest BCUT2D eigenvalue weighted by Gasteiger charge is -2.48. The van der Waals surface area contributed by atoms with Crippen molar-refractivity contribution in [2.45, 2.75) is 62.4 Å². The van der Waals surface area contributed by atoms with Crippen LogP contribution in [0, 0.1) is 22.7 Å². The molecule has 6 heteroatoms. The first-order chi connectivity index (χ1) is 22.9. The Bertz CT molecular complexity index is 2040. The zero-order chi connectivity index (χ0) is 31.9. The fourth-order valence-corrected chi connectivity index (χ4v) is 13.5. The number of hydrogen-bond acceptors (Lipinski definition) is 6. The average molecular weight is 642 g/mol. The minimum absolute atomic E-state index is 0.0309. The van der Waals surface area contributed by atoms with Gasteiger partial charge in [0.15, 0.2) is 5.78 Å². The van der Waals surface area contributed by atoms with Gasteiger partial charge in [-0.05, 0) is 101 Å². The zero-order valence-corrected chi connectivity index (χ0v) is 27.7. The van der Waals surface area contributed by atoms with Crippen LogP contribution < -0.4 is 4.74 Å². The molecule has 0 radical (unpaired) electrons. The lowest BCUT2D eigenvalue weighted by Crippen LogP contribution is -2.58. The Morgan fingerprint density at radius 2 is 1.79 bits per heavy atom. The normalized spacial score (nSPS) is 36.6. The number of para-hydroxylation sites is 1. The number of fused-ring (bicyclic) bond motifs is 9. The van der Waals surface area contributed by atoms with E-state index in [1.165, 1.54) is 11.1 Å². The van der Waals surface area contributed by atoms with Crippen molar-refractivity contribution in [3.8, 4) is 11.5 Å². The van der Waals surface area contributed by atoms with Crippen LogP contribution in [0.3, 0.4) is 0 Å². The molecule has 10 rings (SSSR count). The molecule has 4 aromatic rings. The van der Waals surface area contributed by atoms with Crippen molar-refractivity contribution < 1.29 is 19.4 Å². The summed E-state index contributed by atoms with van der Waals surface area (Å²) in [5.74, 6) is 3.86. The quantitative estimate of drug-likeness (QED) is 0.241. The third-order valence-corrected chi connectivity index (χ3v) is 14.9. The summed E-state index contributed by atoms with van der Waals surface area (Å²) in [7, 11) is 1.73. The van der Waals surface area contributed by atoms with E-state index >= 15 is 9.59 Å². The summed E-state index contributed by atoms with van der Waals surface area (Å²) < 4.78 is 6.08. The second-order valence-electron chi connectivity index (χ2n) is 15.3. The number of phenols is 1. The van der Waals surface area contributed by atoms with Crippen LogP contribution >= 0.6 is 11.8 Å². The minimum Gasteiger partial charge on any atom is -0.508 e. The fraction of sp³-hybridized carbons (Fsp3) is 0.415. The van der Waals surface area contributed by atoms with Crippen molar-refractivity contribution in [1.82, 2.24) is 4.90 Å². The minimum atomic E-state index is -1.07. The second kappa shape index (κ2) is 9.51. The predicted molar refractivity (Wildman–Crippen MR) is 184 cm³/mol. The van der Waals surface area contributed by atoms with E-state index in [1.807, 2.05) is 48.2 Å². The number of aryl methyl sites for hydroxylation is 1. The van der Waals surface area contributed by atoms with Crippen LogP contribution in [0.15, 0.2) is 78.9 Å². The molecule has 2 saturated carbocycles. The van der Waals surface area contributed by atoms with Gasteiger partial charge in [0.05, 0.1) is 12.5 Å². The number of carbonyl (C=O) groups excluding carboxylic acids is 2. The van der Waals surface area contributed by atoms with Gasteiger partial charge in [-0.15, -0.1) is 11.8 Å². The Hall–Kier alpha value is -3.61. The second-order valence-corrected chi connectivity index (χ2v) is 16.3. The number of thioether (sulfide) groups is 1. The highest BCUT2D eigenvalue weighted by Crippen LogP contribution is 2.77. The number of Topliss-reactive ketones (excluding diaryl/α,β-unsaturated/α-hetero) is 2. The van der Waals surface area contributed by atoms with Crippen LogP contribution in [-0.4, -0.2) is 46.4 Å². The molecule has 0 aromatic heterocycles. The summed E-state index contributed by atoms with van der Waals surface area (Å²) in [4.78, 5) is 34.3. The maximum Gasteiger partial charge on any atom is 0.189 e.